The fraction of sp³-hybridized carbons (Fsp3) is 0.333. The number of nitro groups is 1. The number of carbonyl (C=O) groups is 2. The lowest BCUT2D eigenvalue weighted by Crippen LogP contribution is -2.36. The maximum Gasteiger partial charge on any atom is 0.326 e. The molecule has 7 heteroatoms. The molecule has 0 radical (unpaired) electrons. The molecule has 1 saturated heterocycles. The van der Waals surface area contributed by atoms with E-state index < -0.39 is 16.9 Å². The largest absolute Gasteiger partial charge is 0.480 e. The van der Waals surface area contributed by atoms with Crippen LogP contribution in [0.15, 0.2) is 18.2 Å². The van der Waals surface area contributed by atoms with Crippen LogP contribution in [0.5, 0.6) is 0 Å². The Morgan fingerprint density at radius 1 is 1.53 bits per heavy atom. The van der Waals surface area contributed by atoms with Gasteiger partial charge in [0.15, 0.2) is 6.29 Å². The van der Waals surface area contributed by atoms with Gasteiger partial charge in [-0.2, -0.15) is 0 Å². The summed E-state index contributed by atoms with van der Waals surface area (Å²) in [6, 6.07) is 3.20. The smallest absolute Gasteiger partial charge is 0.326 e. The molecule has 7 nitrogen and oxygen atoms in total. The number of benzene rings is 1. The maximum absolute atomic E-state index is 11.1. The Morgan fingerprint density at radius 3 is 2.84 bits per heavy atom. The molecule has 0 saturated carbocycles. The van der Waals surface area contributed by atoms with Gasteiger partial charge in [-0.15, -0.1) is 0 Å². The van der Waals surface area contributed by atoms with Crippen molar-refractivity contribution in [3.05, 3.63) is 33.9 Å². The number of rotatable bonds is 4. The number of nitrogens with zero attached hydrogens (tertiary/aromatic N) is 2. The van der Waals surface area contributed by atoms with Crippen molar-refractivity contribution in [2.45, 2.75) is 18.9 Å². The van der Waals surface area contributed by atoms with Crippen LogP contribution in [0, 0.1) is 10.1 Å². The lowest BCUT2D eigenvalue weighted by atomic mass is 10.1. The summed E-state index contributed by atoms with van der Waals surface area (Å²) in [5, 5.41) is 19.8. The molecule has 0 aromatic heterocycles. The van der Waals surface area contributed by atoms with E-state index >= 15 is 0 Å². The lowest BCUT2D eigenvalue weighted by molar-refractivity contribution is -0.384. The van der Waals surface area contributed by atoms with Gasteiger partial charge in [0.25, 0.3) is 5.69 Å². The monoisotopic (exact) mass is 264 g/mol. The average molecular weight is 264 g/mol. The van der Waals surface area contributed by atoms with Gasteiger partial charge in [0.1, 0.15) is 6.04 Å². The van der Waals surface area contributed by atoms with Crippen molar-refractivity contribution in [1.29, 1.82) is 0 Å². The first-order chi connectivity index (χ1) is 9.04. The minimum atomic E-state index is -0.951. The predicted molar refractivity (Wildman–Crippen MR) is 66.5 cm³/mol. The van der Waals surface area contributed by atoms with Crippen LogP contribution in [-0.4, -0.2) is 34.9 Å². The number of hydrogen-bond donors (Lipinski definition) is 1. The van der Waals surface area contributed by atoms with Crippen LogP contribution < -0.4 is 4.90 Å². The molecule has 0 amide bonds. The van der Waals surface area contributed by atoms with E-state index in [1.165, 1.54) is 18.2 Å². The molecule has 1 aromatic carbocycles. The van der Waals surface area contributed by atoms with E-state index in [2.05, 4.69) is 0 Å². The molecule has 0 spiro atoms. The third-order valence-corrected chi connectivity index (χ3v) is 3.20. The van der Waals surface area contributed by atoms with Crippen molar-refractivity contribution < 1.29 is 19.6 Å². The summed E-state index contributed by atoms with van der Waals surface area (Å²) in [5.41, 5.74) is 0.393. The number of aldehydes is 1. The summed E-state index contributed by atoms with van der Waals surface area (Å²) < 4.78 is 0. The second-order valence-corrected chi connectivity index (χ2v) is 4.31. The minimum absolute atomic E-state index is 0.141. The van der Waals surface area contributed by atoms with Crippen molar-refractivity contribution in [1.82, 2.24) is 0 Å². The third-order valence-electron chi connectivity index (χ3n) is 3.20. The second-order valence-electron chi connectivity index (χ2n) is 4.31. The van der Waals surface area contributed by atoms with Gasteiger partial charge >= 0.3 is 5.97 Å². The van der Waals surface area contributed by atoms with E-state index in [4.69, 9.17) is 5.11 Å². The lowest BCUT2D eigenvalue weighted by Gasteiger charge is -2.24. The van der Waals surface area contributed by atoms with Gasteiger partial charge < -0.3 is 10.0 Å². The van der Waals surface area contributed by atoms with Gasteiger partial charge in [-0.3, -0.25) is 14.9 Å². The molecule has 0 aliphatic carbocycles. The van der Waals surface area contributed by atoms with Gasteiger partial charge in [-0.1, -0.05) is 0 Å². The summed E-state index contributed by atoms with van der Waals surface area (Å²) in [6.45, 7) is 0.523. The first kappa shape index (κ1) is 13.0. The molecule has 1 aromatic rings. The van der Waals surface area contributed by atoms with Crippen molar-refractivity contribution in [3.8, 4) is 0 Å². The van der Waals surface area contributed by atoms with E-state index in [0.717, 1.165) is 0 Å². The Balaban J connectivity index is 2.41. The van der Waals surface area contributed by atoms with Crippen LogP contribution >= 0.6 is 0 Å². The van der Waals surface area contributed by atoms with Crippen LogP contribution in [0.25, 0.3) is 0 Å². The Labute approximate surface area is 108 Å². The zero-order valence-corrected chi connectivity index (χ0v) is 9.98. The van der Waals surface area contributed by atoms with E-state index in [-0.39, 0.29) is 11.3 Å². The number of nitro benzene ring substituents is 1. The summed E-state index contributed by atoms with van der Waals surface area (Å²) in [4.78, 5) is 33.8. The second kappa shape index (κ2) is 5.05. The number of carboxylic acids is 1. The number of anilines is 1. The highest BCUT2D eigenvalue weighted by Crippen LogP contribution is 2.30. The first-order valence-electron chi connectivity index (χ1n) is 5.77. The fourth-order valence-electron chi connectivity index (χ4n) is 2.32. The first-order valence-corrected chi connectivity index (χ1v) is 5.77. The van der Waals surface area contributed by atoms with Crippen LogP contribution in [0.4, 0.5) is 11.4 Å². The Morgan fingerprint density at radius 2 is 2.26 bits per heavy atom. The molecular weight excluding hydrogens is 252 g/mol. The topological polar surface area (TPSA) is 101 Å². The Hall–Kier alpha value is -2.44. The molecule has 1 N–H and O–H groups in total. The highest BCUT2D eigenvalue weighted by atomic mass is 16.6. The van der Waals surface area contributed by atoms with Crippen LogP contribution in [0.2, 0.25) is 0 Å². The molecule has 19 heavy (non-hydrogen) atoms. The van der Waals surface area contributed by atoms with Crippen LogP contribution in [0.3, 0.4) is 0 Å². The van der Waals surface area contributed by atoms with Crippen molar-refractivity contribution in [3.63, 3.8) is 0 Å². The standard InChI is InChI=1S/C12H12N2O5/c15-7-8-6-9(14(18)19)3-4-10(8)13-5-1-2-11(13)12(16)17/h3-4,6-7,11H,1-2,5H2,(H,16,17). The van der Waals surface area contributed by atoms with E-state index in [0.29, 0.717) is 31.4 Å². The molecule has 2 rings (SSSR count). The summed E-state index contributed by atoms with van der Waals surface area (Å²) in [7, 11) is 0. The van der Waals surface area contributed by atoms with E-state index in [9.17, 15) is 19.7 Å². The minimum Gasteiger partial charge on any atom is -0.480 e. The number of carboxylic acid groups (broad SMARTS) is 1. The molecule has 100 valence electrons. The zero-order chi connectivity index (χ0) is 14.0. The molecule has 1 aliphatic rings. The molecule has 1 fully saturated rings. The van der Waals surface area contributed by atoms with Crippen LogP contribution in [0.1, 0.15) is 23.2 Å². The van der Waals surface area contributed by atoms with Crippen molar-refractivity contribution in [2.24, 2.45) is 0 Å². The van der Waals surface area contributed by atoms with Crippen LogP contribution in [-0.2, 0) is 4.79 Å². The number of hydrogen-bond acceptors (Lipinski definition) is 5. The van der Waals surface area contributed by atoms with Gasteiger partial charge in [-0.05, 0) is 18.9 Å². The van der Waals surface area contributed by atoms with Gasteiger partial charge in [0.05, 0.1) is 4.92 Å². The molecule has 1 unspecified atom stereocenters. The van der Waals surface area contributed by atoms with Gasteiger partial charge in [0, 0.05) is 29.9 Å². The normalized spacial score (nSPS) is 18.3. The predicted octanol–water partition coefficient (Wildman–Crippen LogP) is 1.46. The number of carbonyl (C=O) groups excluding carboxylic acids is 1. The molecule has 0 bridgehead atoms. The zero-order valence-electron chi connectivity index (χ0n) is 9.98. The highest BCUT2D eigenvalue weighted by molar-refractivity contribution is 5.88. The summed E-state index contributed by atoms with van der Waals surface area (Å²) in [6.07, 6.45) is 1.73. The van der Waals surface area contributed by atoms with E-state index in [1.54, 1.807) is 4.90 Å². The summed E-state index contributed by atoms with van der Waals surface area (Å²) >= 11 is 0. The summed E-state index contributed by atoms with van der Waals surface area (Å²) in [5.74, 6) is -0.951. The number of non-ortho nitro benzene ring substituents is 1. The Bertz CT molecular complexity index is 543. The highest BCUT2D eigenvalue weighted by Gasteiger charge is 2.32. The van der Waals surface area contributed by atoms with Crippen molar-refractivity contribution >= 4 is 23.6 Å². The SMILES string of the molecule is O=Cc1cc([N+](=O)[O-])ccc1N1CCCC1C(=O)O. The average Bonchev–Trinajstić information content (AvgIpc) is 2.87. The molecular formula is C12H12N2O5. The van der Waals surface area contributed by atoms with E-state index in [1.807, 2.05) is 0 Å². The molecule has 1 aliphatic heterocycles. The van der Waals surface area contributed by atoms with Crippen molar-refractivity contribution in [2.75, 3.05) is 11.4 Å². The molecule has 1 atom stereocenters. The quantitative estimate of drug-likeness (QED) is 0.502. The number of aliphatic carboxylic acids is 1. The van der Waals surface area contributed by atoms with Gasteiger partial charge in [0.2, 0.25) is 0 Å². The Kier molecular flexibility index (Phi) is 3.46. The third kappa shape index (κ3) is 2.40. The van der Waals surface area contributed by atoms with Gasteiger partial charge in [-0.25, -0.2) is 4.79 Å². The molecule has 1 heterocycles. The fourth-order valence-corrected chi connectivity index (χ4v) is 2.32. The maximum atomic E-state index is 11.1.